The van der Waals surface area contributed by atoms with Gasteiger partial charge in [-0.05, 0) is 30.3 Å². The molecule has 0 saturated carbocycles. The number of aromatic nitrogens is 1. The molecule has 0 spiro atoms. The van der Waals surface area contributed by atoms with E-state index in [0.29, 0.717) is 17.3 Å². The Morgan fingerprint density at radius 3 is 2.90 bits per heavy atom. The molecular weight excluding hydrogens is 272 g/mol. The number of nitrogens with zero attached hydrogens (tertiary/aromatic N) is 1. The molecule has 1 aromatic heterocycles. The van der Waals surface area contributed by atoms with E-state index in [4.69, 9.17) is 14.9 Å². The summed E-state index contributed by atoms with van der Waals surface area (Å²) in [5.41, 5.74) is 7.97. The van der Waals surface area contributed by atoms with Crippen LogP contribution in [0.4, 0.5) is 5.69 Å². The van der Waals surface area contributed by atoms with Gasteiger partial charge in [0.2, 0.25) is 5.89 Å². The van der Waals surface area contributed by atoms with Gasteiger partial charge in [-0.3, -0.25) is 0 Å². The van der Waals surface area contributed by atoms with Gasteiger partial charge in [-0.2, -0.15) is 0 Å². The number of ether oxygens (including phenoxy) is 1. The number of hydrogen-bond acceptors (Lipinski definition) is 5. The predicted octanol–water partition coefficient (Wildman–Crippen LogP) is 3.71. The Balaban J connectivity index is 1.78. The van der Waals surface area contributed by atoms with E-state index < -0.39 is 0 Å². The zero-order valence-electron chi connectivity index (χ0n) is 11.0. The first-order valence-electron chi connectivity index (χ1n) is 6.17. The molecule has 5 heteroatoms. The fourth-order valence-corrected chi connectivity index (χ4v) is 2.70. The largest absolute Gasteiger partial charge is 0.497 e. The Hall–Kier alpha value is -2.14. The second-order valence-corrected chi connectivity index (χ2v) is 5.32. The van der Waals surface area contributed by atoms with Gasteiger partial charge in [-0.25, -0.2) is 4.98 Å². The molecule has 0 aliphatic heterocycles. The number of anilines is 1. The first-order chi connectivity index (χ1) is 9.76. The maximum atomic E-state index is 5.87. The first-order valence-corrected chi connectivity index (χ1v) is 7.15. The lowest BCUT2D eigenvalue weighted by Crippen LogP contribution is -1.86. The third-order valence-corrected chi connectivity index (χ3v) is 3.88. The Bertz CT molecular complexity index is 740. The second-order valence-electron chi connectivity index (χ2n) is 4.27. The molecule has 3 rings (SSSR count). The third kappa shape index (κ3) is 2.58. The minimum Gasteiger partial charge on any atom is -0.497 e. The van der Waals surface area contributed by atoms with Crippen LogP contribution < -0.4 is 10.5 Å². The summed E-state index contributed by atoms with van der Waals surface area (Å²) < 4.78 is 10.9. The molecule has 102 valence electrons. The van der Waals surface area contributed by atoms with E-state index in [2.05, 4.69) is 4.98 Å². The number of thioether (sulfide) groups is 1. The minimum atomic E-state index is 0.642. The summed E-state index contributed by atoms with van der Waals surface area (Å²) in [7, 11) is 1.66. The van der Waals surface area contributed by atoms with E-state index in [1.165, 1.54) is 0 Å². The lowest BCUT2D eigenvalue weighted by Gasteiger charge is -2.02. The van der Waals surface area contributed by atoms with E-state index in [-0.39, 0.29) is 0 Å². The first kappa shape index (κ1) is 12.9. The van der Waals surface area contributed by atoms with Crippen molar-refractivity contribution in [1.82, 2.24) is 4.98 Å². The number of oxazole rings is 1. The number of benzene rings is 2. The topological polar surface area (TPSA) is 61.3 Å². The van der Waals surface area contributed by atoms with Crippen LogP contribution in [0.15, 0.2) is 51.8 Å². The molecule has 0 amide bonds. The van der Waals surface area contributed by atoms with Gasteiger partial charge >= 0.3 is 0 Å². The summed E-state index contributed by atoms with van der Waals surface area (Å²) in [5.74, 6) is 2.17. The Labute approximate surface area is 120 Å². The number of methoxy groups -OCH3 is 1. The van der Waals surface area contributed by atoms with Gasteiger partial charge in [-0.15, -0.1) is 11.8 Å². The molecular formula is C15H14N2O2S. The molecule has 0 aliphatic rings. The molecule has 0 saturated heterocycles. The van der Waals surface area contributed by atoms with Crippen LogP contribution in [0.1, 0.15) is 5.89 Å². The maximum Gasteiger partial charge on any atom is 0.205 e. The lowest BCUT2D eigenvalue weighted by molar-refractivity contribution is 0.413. The van der Waals surface area contributed by atoms with Crippen molar-refractivity contribution >= 4 is 28.5 Å². The second kappa shape index (κ2) is 5.46. The Kier molecular flexibility index (Phi) is 3.52. The van der Waals surface area contributed by atoms with Gasteiger partial charge in [0.05, 0.1) is 18.6 Å². The van der Waals surface area contributed by atoms with Crippen LogP contribution in [-0.2, 0) is 5.75 Å². The number of para-hydroxylation sites is 1. The number of rotatable bonds is 4. The van der Waals surface area contributed by atoms with E-state index in [9.17, 15) is 0 Å². The van der Waals surface area contributed by atoms with Crippen LogP contribution >= 0.6 is 11.8 Å². The smallest absolute Gasteiger partial charge is 0.205 e. The normalized spacial score (nSPS) is 10.8. The molecule has 0 unspecified atom stereocenters. The number of hydrogen-bond donors (Lipinski definition) is 1. The van der Waals surface area contributed by atoms with Crippen molar-refractivity contribution in [3.63, 3.8) is 0 Å². The molecule has 0 aliphatic carbocycles. The van der Waals surface area contributed by atoms with Gasteiger partial charge < -0.3 is 14.9 Å². The summed E-state index contributed by atoms with van der Waals surface area (Å²) in [6, 6.07) is 13.5. The van der Waals surface area contributed by atoms with Crippen LogP contribution in [0.5, 0.6) is 5.75 Å². The zero-order valence-corrected chi connectivity index (χ0v) is 11.8. The van der Waals surface area contributed by atoms with Crippen molar-refractivity contribution in [2.75, 3.05) is 12.8 Å². The van der Waals surface area contributed by atoms with Gasteiger partial charge in [0, 0.05) is 4.90 Å². The fourth-order valence-electron chi connectivity index (χ4n) is 1.91. The summed E-state index contributed by atoms with van der Waals surface area (Å²) in [5, 5.41) is 0. The zero-order chi connectivity index (χ0) is 13.9. The summed E-state index contributed by atoms with van der Waals surface area (Å²) in [6.45, 7) is 0. The fraction of sp³-hybridized carbons (Fsp3) is 0.133. The van der Waals surface area contributed by atoms with Crippen molar-refractivity contribution in [2.24, 2.45) is 0 Å². The van der Waals surface area contributed by atoms with E-state index in [0.717, 1.165) is 21.7 Å². The van der Waals surface area contributed by atoms with E-state index >= 15 is 0 Å². The third-order valence-electron chi connectivity index (χ3n) is 2.90. The summed E-state index contributed by atoms with van der Waals surface area (Å²) in [6.07, 6.45) is 0. The molecule has 0 radical (unpaired) electrons. The summed E-state index contributed by atoms with van der Waals surface area (Å²) >= 11 is 1.65. The van der Waals surface area contributed by atoms with E-state index in [1.807, 2.05) is 42.5 Å². The van der Waals surface area contributed by atoms with Crippen molar-refractivity contribution in [2.45, 2.75) is 10.6 Å². The molecule has 2 N–H and O–H groups in total. The van der Waals surface area contributed by atoms with Crippen molar-refractivity contribution < 1.29 is 9.15 Å². The molecule has 0 bridgehead atoms. The highest BCUT2D eigenvalue weighted by Crippen LogP contribution is 2.28. The Morgan fingerprint density at radius 1 is 1.25 bits per heavy atom. The van der Waals surface area contributed by atoms with Crippen LogP contribution in [0, 0.1) is 0 Å². The molecule has 1 heterocycles. The molecule has 3 aromatic rings. The van der Waals surface area contributed by atoms with Crippen LogP contribution in [0.3, 0.4) is 0 Å². The average Bonchev–Trinajstić information content (AvgIpc) is 2.90. The van der Waals surface area contributed by atoms with Crippen LogP contribution in [-0.4, -0.2) is 12.1 Å². The van der Waals surface area contributed by atoms with Crippen molar-refractivity contribution in [3.05, 3.63) is 48.4 Å². The Morgan fingerprint density at radius 2 is 2.10 bits per heavy atom. The molecule has 20 heavy (non-hydrogen) atoms. The standard InChI is InChI=1S/C15H14N2O2S/c1-18-10-4-2-5-11(8-10)20-9-14-17-15-12(16)6-3-7-13(15)19-14/h2-8H,9,16H2,1H3. The molecule has 2 aromatic carbocycles. The maximum absolute atomic E-state index is 5.87. The highest BCUT2D eigenvalue weighted by molar-refractivity contribution is 7.98. The SMILES string of the molecule is COc1cccc(SCc2nc3c(N)cccc3o2)c1. The van der Waals surface area contributed by atoms with Gasteiger partial charge in [0.1, 0.15) is 11.3 Å². The van der Waals surface area contributed by atoms with Crippen molar-refractivity contribution in [1.29, 1.82) is 0 Å². The van der Waals surface area contributed by atoms with Crippen LogP contribution in [0.25, 0.3) is 11.1 Å². The van der Waals surface area contributed by atoms with Crippen LogP contribution in [0.2, 0.25) is 0 Å². The average molecular weight is 286 g/mol. The monoisotopic (exact) mass is 286 g/mol. The predicted molar refractivity (Wildman–Crippen MR) is 81.0 cm³/mol. The van der Waals surface area contributed by atoms with Gasteiger partial charge in [-0.1, -0.05) is 12.1 Å². The van der Waals surface area contributed by atoms with Gasteiger partial charge in [0.25, 0.3) is 0 Å². The minimum absolute atomic E-state index is 0.642. The number of fused-ring (bicyclic) bond motifs is 1. The molecule has 4 nitrogen and oxygen atoms in total. The lowest BCUT2D eigenvalue weighted by atomic mass is 10.3. The number of nitrogens with two attached hydrogens (primary N) is 1. The number of nitrogen functional groups attached to an aromatic ring is 1. The van der Waals surface area contributed by atoms with Gasteiger partial charge in [0.15, 0.2) is 5.58 Å². The van der Waals surface area contributed by atoms with Crippen molar-refractivity contribution in [3.8, 4) is 5.75 Å². The highest BCUT2D eigenvalue weighted by Gasteiger charge is 2.08. The highest BCUT2D eigenvalue weighted by atomic mass is 32.2. The summed E-state index contributed by atoms with van der Waals surface area (Å²) in [4.78, 5) is 5.54. The molecule has 0 fully saturated rings. The quantitative estimate of drug-likeness (QED) is 0.585. The molecule has 0 atom stereocenters. The van der Waals surface area contributed by atoms with E-state index in [1.54, 1.807) is 18.9 Å².